The van der Waals surface area contributed by atoms with Crippen molar-refractivity contribution in [3.63, 3.8) is 0 Å². The van der Waals surface area contributed by atoms with E-state index >= 15 is 0 Å². The monoisotopic (exact) mass is 308 g/mol. The van der Waals surface area contributed by atoms with Crippen molar-refractivity contribution >= 4 is 29.2 Å². The van der Waals surface area contributed by atoms with E-state index in [2.05, 4.69) is 15.4 Å². The van der Waals surface area contributed by atoms with Crippen molar-refractivity contribution in [2.24, 2.45) is 5.84 Å². The number of nitrogens with one attached hydrogen (secondary N) is 1. The Morgan fingerprint density at radius 2 is 2.20 bits per heavy atom. The van der Waals surface area contributed by atoms with Gasteiger partial charge in [0.15, 0.2) is 5.82 Å². The molecule has 5 nitrogen and oxygen atoms in total. The van der Waals surface area contributed by atoms with E-state index in [4.69, 9.17) is 22.2 Å². The maximum atomic E-state index is 6.27. The average Bonchev–Trinajstić information content (AvgIpc) is 2.94. The van der Waals surface area contributed by atoms with Crippen LogP contribution in [0.25, 0.3) is 11.4 Å². The zero-order valence-corrected chi connectivity index (χ0v) is 12.4. The van der Waals surface area contributed by atoms with E-state index in [1.54, 1.807) is 24.9 Å². The number of hydrazine groups is 1. The van der Waals surface area contributed by atoms with Crippen molar-refractivity contribution in [3.8, 4) is 17.1 Å². The number of rotatable bonds is 3. The van der Waals surface area contributed by atoms with E-state index in [1.165, 1.54) is 0 Å². The minimum atomic E-state index is 0.529. The Balaban J connectivity index is 2.21. The van der Waals surface area contributed by atoms with Crippen molar-refractivity contribution in [2.75, 3.05) is 12.5 Å². The van der Waals surface area contributed by atoms with Crippen LogP contribution in [0.2, 0.25) is 5.02 Å². The first-order chi connectivity index (χ1) is 9.74. The Kier molecular flexibility index (Phi) is 3.69. The molecule has 104 valence electrons. The number of nitrogens with zero attached hydrogens (tertiary/aromatic N) is 2. The molecule has 20 heavy (non-hydrogen) atoms. The Hall–Kier alpha value is -1.50. The van der Waals surface area contributed by atoms with Crippen LogP contribution in [0.1, 0.15) is 11.3 Å². The predicted molar refractivity (Wildman–Crippen MR) is 81.8 cm³/mol. The molecule has 3 rings (SSSR count). The third-order valence-corrected chi connectivity index (χ3v) is 4.42. The summed E-state index contributed by atoms with van der Waals surface area (Å²) in [5.41, 5.74) is 5.39. The summed E-state index contributed by atoms with van der Waals surface area (Å²) in [6.45, 7) is 0. The van der Waals surface area contributed by atoms with Crippen LogP contribution in [-0.4, -0.2) is 17.1 Å². The second-order valence-electron chi connectivity index (χ2n) is 4.28. The highest BCUT2D eigenvalue weighted by atomic mass is 35.5. The number of fused-ring (bicyclic) bond motifs is 1. The normalized spacial score (nSPS) is 13.2. The second kappa shape index (κ2) is 5.47. The van der Waals surface area contributed by atoms with Gasteiger partial charge in [0.1, 0.15) is 11.6 Å². The van der Waals surface area contributed by atoms with Gasteiger partial charge in [0.25, 0.3) is 0 Å². The van der Waals surface area contributed by atoms with E-state index in [1.807, 2.05) is 12.1 Å². The maximum Gasteiger partial charge on any atom is 0.167 e. The van der Waals surface area contributed by atoms with Crippen molar-refractivity contribution in [1.82, 2.24) is 9.97 Å². The highest BCUT2D eigenvalue weighted by Crippen LogP contribution is 2.38. The van der Waals surface area contributed by atoms with Crippen molar-refractivity contribution in [3.05, 3.63) is 34.5 Å². The van der Waals surface area contributed by atoms with E-state index in [0.717, 1.165) is 22.8 Å². The van der Waals surface area contributed by atoms with Gasteiger partial charge in [-0.25, -0.2) is 15.8 Å². The van der Waals surface area contributed by atoms with Gasteiger partial charge in [-0.05, 0) is 12.1 Å². The molecule has 0 amide bonds. The lowest BCUT2D eigenvalue weighted by Gasteiger charge is -2.12. The topological polar surface area (TPSA) is 73.1 Å². The number of aromatic nitrogens is 2. The summed E-state index contributed by atoms with van der Waals surface area (Å²) in [4.78, 5) is 9.09. The number of ether oxygens (including phenoxy) is 1. The Labute approximate surface area is 125 Å². The Morgan fingerprint density at radius 1 is 1.35 bits per heavy atom. The lowest BCUT2D eigenvalue weighted by Crippen LogP contribution is -2.13. The number of nitrogen functional groups attached to an aromatic ring is 1. The zero-order chi connectivity index (χ0) is 14.1. The van der Waals surface area contributed by atoms with Crippen LogP contribution in [0.3, 0.4) is 0 Å². The van der Waals surface area contributed by atoms with Crippen LogP contribution in [-0.2, 0) is 11.5 Å². The molecule has 2 heterocycles. The quantitative estimate of drug-likeness (QED) is 0.671. The van der Waals surface area contributed by atoms with Gasteiger partial charge in [-0.15, -0.1) is 0 Å². The molecule has 2 aromatic rings. The van der Waals surface area contributed by atoms with E-state index in [9.17, 15) is 0 Å². The third kappa shape index (κ3) is 2.19. The van der Waals surface area contributed by atoms with Gasteiger partial charge in [-0.3, -0.25) is 0 Å². The fourth-order valence-corrected chi connectivity index (χ4v) is 3.47. The molecular weight excluding hydrogens is 296 g/mol. The molecule has 1 aliphatic heterocycles. The number of hydrogen-bond acceptors (Lipinski definition) is 6. The van der Waals surface area contributed by atoms with Crippen LogP contribution in [0.4, 0.5) is 5.82 Å². The van der Waals surface area contributed by atoms with Crippen molar-refractivity contribution in [1.29, 1.82) is 0 Å². The van der Waals surface area contributed by atoms with Gasteiger partial charge < -0.3 is 10.2 Å². The molecule has 3 N–H and O–H groups in total. The SMILES string of the molecule is COc1cccc(Cl)c1-c1nc2c(c(NN)n1)CSC2. The van der Waals surface area contributed by atoms with E-state index in [0.29, 0.717) is 28.0 Å². The highest BCUT2D eigenvalue weighted by Gasteiger charge is 2.22. The summed E-state index contributed by atoms with van der Waals surface area (Å²) < 4.78 is 5.35. The Bertz CT molecular complexity index is 665. The molecule has 0 saturated heterocycles. The fraction of sp³-hybridized carbons (Fsp3) is 0.231. The van der Waals surface area contributed by atoms with Crippen molar-refractivity contribution in [2.45, 2.75) is 11.5 Å². The molecule has 1 aliphatic rings. The highest BCUT2D eigenvalue weighted by molar-refractivity contribution is 7.98. The summed E-state index contributed by atoms with van der Waals surface area (Å²) >= 11 is 8.06. The summed E-state index contributed by atoms with van der Waals surface area (Å²) in [7, 11) is 1.60. The molecule has 0 radical (unpaired) electrons. The predicted octanol–water partition coefficient (Wildman–Crippen LogP) is 2.84. The van der Waals surface area contributed by atoms with Gasteiger partial charge in [0, 0.05) is 17.1 Å². The second-order valence-corrected chi connectivity index (χ2v) is 5.67. The molecule has 1 aromatic carbocycles. The number of anilines is 1. The number of benzene rings is 1. The molecule has 0 atom stereocenters. The van der Waals surface area contributed by atoms with E-state index in [-0.39, 0.29) is 0 Å². The smallest absolute Gasteiger partial charge is 0.167 e. The first-order valence-electron chi connectivity index (χ1n) is 6.01. The molecule has 0 saturated carbocycles. The fourth-order valence-electron chi connectivity index (χ4n) is 2.17. The van der Waals surface area contributed by atoms with Gasteiger partial charge in [0.05, 0.1) is 23.4 Å². The number of halogens is 1. The van der Waals surface area contributed by atoms with Crippen LogP contribution < -0.4 is 16.0 Å². The summed E-state index contributed by atoms with van der Waals surface area (Å²) in [6, 6.07) is 5.46. The molecule has 0 spiro atoms. The summed E-state index contributed by atoms with van der Waals surface area (Å²) in [5.74, 6) is 9.11. The van der Waals surface area contributed by atoms with Crippen molar-refractivity contribution < 1.29 is 4.74 Å². The number of hydrogen-bond donors (Lipinski definition) is 2. The van der Waals surface area contributed by atoms with Gasteiger partial charge in [-0.2, -0.15) is 11.8 Å². The molecule has 0 unspecified atom stereocenters. The minimum Gasteiger partial charge on any atom is -0.496 e. The average molecular weight is 309 g/mol. The first kappa shape index (κ1) is 13.5. The third-order valence-electron chi connectivity index (χ3n) is 3.13. The van der Waals surface area contributed by atoms with Crippen LogP contribution >= 0.6 is 23.4 Å². The van der Waals surface area contributed by atoms with Crippen LogP contribution in [0, 0.1) is 0 Å². The standard InChI is InChI=1S/C13H13ClN4OS/c1-19-10-4-2-3-8(14)11(10)13-16-9-6-20-5-7(9)12(17-13)18-15/h2-4H,5-6,15H2,1H3,(H,16,17,18). The lowest BCUT2D eigenvalue weighted by molar-refractivity contribution is 0.416. The molecule has 7 heteroatoms. The molecule has 0 fully saturated rings. The molecule has 1 aromatic heterocycles. The molecule has 0 aliphatic carbocycles. The number of thioether (sulfide) groups is 1. The van der Waals surface area contributed by atoms with Crippen LogP contribution in [0.15, 0.2) is 18.2 Å². The number of methoxy groups -OCH3 is 1. The van der Waals surface area contributed by atoms with Gasteiger partial charge in [0.2, 0.25) is 0 Å². The van der Waals surface area contributed by atoms with Crippen LogP contribution in [0.5, 0.6) is 5.75 Å². The largest absolute Gasteiger partial charge is 0.496 e. The van der Waals surface area contributed by atoms with Gasteiger partial charge >= 0.3 is 0 Å². The number of nitrogens with two attached hydrogens (primary N) is 1. The lowest BCUT2D eigenvalue weighted by atomic mass is 10.1. The summed E-state index contributed by atoms with van der Waals surface area (Å²) in [6.07, 6.45) is 0. The minimum absolute atomic E-state index is 0.529. The first-order valence-corrected chi connectivity index (χ1v) is 7.55. The maximum absolute atomic E-state index is 6.27. The molecular formula is C13H13ClN4OS. The molecule has 0 bridgehead atoms. The van der Waals surface area contributed by atoms with Gasteiger partial charge in [-0.1, -0.05) is 17.7 Å². The zero-order valence-electron chi connectivity index (χ0n) is 10.8. The van der Waals surface area contributed by atoms with E-state index < -0.39 is 0 Å². The Morgan fingerprint density at radius 3 is 2.95 bits per heavy atom. The summed E-state index contributed by atoms with van der Waals surface area (Å²) in [5, 5.41) is 0.554.